The van der Waals surface area contributed by atoms with Crippen LogP contribution in [0, 0.1) is 12.8 Å². The van der Waals surface area contributed by atoms with E-state index in [-0.39, 0.29) is 17.5 Å². The molecule has 1 saturated heterocycles. The summed E-state index contributed by atoms with van der Waals surface area (Å²) in [5, 5.41) is 17.0. The first-order valence-electron chi connectivity index (χ1n) is 7.49. The molecule has 23 heavy (non-hydrogen) atoms. The second kappa shape index (κ2) is 6.23. The minimum Gasteiger partial charge on any atom is -0.481 e. The first kappa shape index (κ1) is 15.3. The Balaban J connectivity index is 1.61. The molecule has 1 amide bonds. The zero-order valence-corrected chi connectivity index (χ0v) is 12.8. The van der Waals surface area contributed by atoms with Crippen LogP contribution in [0.1, 0.15) is 34.7 Å². The van der Waals surface area contributed by atoms with Gasteiger partial charge in [0.15, 0.2) is 11.5 Å². The molecule has 0 atom stereocenters. The molecule has 3 heterocycles. The van der Waals surface area contributed by atoms with E-state index in [4.69, 9.17) is 9.63 Å². The minimum absolute atomic E-state index is 0.222. The SMILES string of the molecule is Cc1cnn(Cc2cc(C(=O)N3CCC(C(=O)O)CC3)no2)c1. The molecule has 8 heteroatoms. The quantitative estimate of drug-likeness (QED) is 0.908. The third-order valence-corrected chi connectivity index (χ3v) is 3.99. The van der Waals surface area contributed by atoms with Crippen LogP contribution < -0.4 is 0 Å². The molecule has 1 N–H and O–H groups in total. The molecule has 0 aliphatic carbocycles. The lowest BCUT2D eigenvalue weighted by molar-refractivity contribution is -0.143. The van der Waals surface area contributed by atoms with Crippen molar-refractivity contribution in [2.24, 2.45) is 5.92 Å². The monoisotopic (exact) mass is 318 g/mol. The zero-order chi connectivity index (χ0) is 16.4. The van der Waals surface area contributed by atoms with Crippen molar-refractivity contribution < 1.29 is 19.2 Å². The fourth-order valence-corrected chi connectivity index (χ4v) is 2.69. The van der Waals surface area contributed by atoms with Crippen LogP contribution in [0.4, 0.5) is 0 Å². The lowest BCUT2D eigenvalue weighted by Gasteiger charge is -2.29. The molecule has 3 rings (SSSR count). The number of carboxylic acids is 1. The van der Waals surface area contributed by atoms with E-state index >= 15 is 0 Å². The van der Waals surface area contributed by atoms with Gasteiger partial charge in [-0.1, -0.05) is 5.16 Å². The molecule has 1 fully saturated rings. The molecule has 0 radical (unpaired) electrons. The Morgan fingerprint density at radius 3 is 2.74 bits per heavy atom. The highest BCUT2D eigenvalue weighted by molar-refractivity contribution is 5.92. The average Bonchev–Trinajstić information content (AvgIpc) is 3.16. The highest BCUT2D eigenvalue weighted by atomic mass is 16.5. The van der Waals surface area contributed by atoms with Crippen molar-refractivity contribution in [2.75, 3.05) is 13.1 Å². The lowest BCUT2D eigenvalue weighted by Crippen LogP contribution is -2.40. The van der Waals surface area contributed by atoms with Crippen LogP contribution in [-0.4, -0.2) is 49.9 Å². The molecule has 1 aliphatic rings. The summed E-state index contributed by atoms with van der Waals surface area (Å²) in [5.41, 5.74) is 1.29. The predicted octanol–water partition coefficient (Wildman–Crippen LogP) is 1.16. The van der Waals surface area contributed by atoms with Crippen LogP contribution in [0.25, 0.3) is 0 Å². The number of amides is 1. The summed E-state index contributed by atoms with van der Waals surface area (Å²) in [6.07, 6.45) is 4.56. The van der Waals surface area contributed by atoms with E-state index in [0.717, 1.165) is 5.56 Å². The van der Waals surface area contributed by atoms with Crippen LogP contribution >= 0.6 is 0 Å². The number of piperidine rings is 1. The van der Waals surface area contributed by atoms with Gasteiger partial charge in [0.25, 0.3) is 5.91 Å². The highest BCUT2D eigenvalue weighted by Crippen LogP contribution is 2.19. The van der Waals surface area contributed by atoms with Crippen molar-refractivity contribution in [1.82, 2.24) is 19.8 Å². The van der Waals surface area contributed by atoms with Crippen molar-refractivity contribution in [3.05, 3.63) is 35.5 Å². The molecular formula is C15H18N4O4. The van der Waals surface area contributed by atoms with Gasteiger partial charge in [0.1, 0.15) is 6.54 Å². The molecule has 1 aliphatic heterocycles. The normalized spacial score (nSPS) is 15.8. The number of rotatable bonds is 4. The van der Waals surface area contributed by atoms with Gasteiger partial charge in [-0.25, -0.2) is 0 Å². The number of carboxylic acid groups (broad SMARTS) is 1. The average molecular weight is 318 g/mol. The Bertz CT molecular complexity index is 713. The summed E-state index contributed by atoms with van der Waals surface area (Å²) in [6, 6.07) is 1.61. The summed E-state index contributed by atoms with van der Waals surface area (Å²) < 4.78 is 6.91. The summed E-state index contributed by atoms with van der Waals surface area (Å²) >= 11 is 0. The van der Waals surface area contributed by atoms with Crippen molar-refractivity contribution in [2.45, 2.75) is 26.3 Å². The Labute approximate surface area is 132 Å². The number of likely N-dealkylation sites (tertiary alicyclic amines) is 1. The maximum atomic E-state index is 12.4. The molecule has 0 aromatic carbocycles. The molecule has 0 unspecified atom stereocenters. The van der Waals surface area contributed by atoms with Crippen LogP contribution in [0.15, 0.2) is 23.0 Å². The molecule has 2 aromatic heterocycles. The Kier molecular flexibility index (Phi) is 4.14. The summed E-state index contributed by atoms with van der Waals surface area (Å²) in [4.78, 5) is 24.9. The predicted molar refractivity (Wildman–Crippen MR) is 78.8 cm³/mol. The summed E-state index contributed by atoms with van der Waals surface area (Å²) in [6.45, 7) is 3.21. The largest absolute Gasteiger partial charge is 0.481 e. The van der Waals surface area contributed by atoms with Crippen molar-refractivity contribution >= 4 is 11.9 Å². The van der Waals surface area contributed by atoms with E-state index in [1.54, 1.807) is 21.8 Å². The van der Waals surface area contributed by atoms with Crippen LogP contribution in [-0.2, 0) is 11.3 Å². The molecule has 0 spiro atoms. The second-order valence-corrected chi connectivity index (χ2v) is 5.80. The summed E-state index contributed by atoms with van der Waals surface area (Å²) in [5.74, 6) is -0.831. The third-order valence-electron chi connectivity index (χ3n) is 3.99. The maximum absolute atomic E-state index is 12.4. The van der Waals surface area contributed by atoms with Gasteiger partial charge in [-0.05, 0) is 25.3 Å². The molecule has 122 valence electrons. The number of aliphatic carboxylic acids is 1. The minimum atomic E-state index is -0.796. The second-order valence-electron chi connectivity index (χ2n) is 5.80. The number of carbonyl (C=O) groups excluding carboxylic acids is 1. The molecule has 0 saturated carbocycles. The fraction of sp³-hybridized carbons (Fsp3) is 0.467. The van der Waals surface area contributed by atoms with E-state index in [1.165, 1.54) is 0 Å². The van der Waals surface area contributed by atoms with E-state index in [1.807, 2.05) is 13.1 Å². The van der Waals surface area contributed by atoms with Gasteiger partial charge in [0, 0.05) is 25.4 Å². The van der Waals surface area contributed by atoms with Gasteiger partial charge < -0.3 is 14.5 Å². The van der Waals surface area contributed by atoms with Crippen LogP contribution in [0.3, 0.4) is 0 Å². The standard InChI is InChI=1S/C15H18N4O4/c1-10-7-16-19(8-10)9-12-6-13(17-23-12)14(20)18-4-2-11(3-5-18)15(21)22/h6-8,11H,2-5,9H2,1H3,(H,21,22). The number of aryl methyl sites for hydroxylation is 1. The fourth-order valence-electron chi connectivity index (χ4n) is 2.69. The van der Waals surface area contributed by atoms with Gasteiger partial charge in [-0.3, -0.25) is 14.3 Å². The Morgan fingerprint density at radius 1 is 1.39 bits per heavy atom. The van der Waals surface area contributed by atoms with E-state index in [2.05, 4.69) is 10.3 Å². The maximum Gasteiger partial charge on any atom is 0.306 e. The Morgan fingerprint density at radius 2 is 2.13 bits per heavy atom. The molecule has 0 bridgehead atoms. The topological polar surface area (TPSA) is 101 Å². The van der Waals surface area contributed by atoms with Gasteiger partial charge in [0.05, 0.1) is 12.1 Å². The summed E-state index contributed by atoms with van der Waals surface area (Å²) in [7, 11) is 0. The first-order chi connectivity index (χ1) is 11.0. The molecular weight excluding hydrogens is 300 g/mol. The van der Waals surface area contributed by atoms with E-state index in [0.29, 0.717) is 38.2 Å². The van der Waals surface area contributed by atoms with Crippen molar-refractivity contribution in [3.63, 3.8) is 0 Å². The van der Waals surface area contributed by atoms with Gasteiger partial charge in [0.2, 0.25) is 0 Å². The number of carbonyl (C=O) groups is 2. The third kappa shape index (κ3) is 3.41. The van der Waals surface area contributed by atoms with Gasteiger partial charge in [-0.15, -0.1) is 0 Å². The zero-order valence-electron chi connectivity index (χ0n) is 12.8. The number of aromatic nitrogens is 3. The van der Waals surface area contributed by atoms with Crippen molar-refractivity contribution in [3.8, 4) is 0 Å². The van der Waals surface area contributed by atoms with E-state index in [9.17, 15) is 9.59 Å². The van der Waals surface area contributed by atoms with Crippen LogP contribution in [0.2, 0.25) is 0 Å². The lowest BCUT2D eigenvalue weighted by atomic mass is 9.97. The highest BCUT2D eigenvalue weighted by Gasteiger charge is 2.28. The Hall–Kier alpha value is -2.64. The number of hydrogen-bond donors (Lipinski definition) is 1. The van der Waals surface area contributed by atoms with Crippen LogP contribution in [0.5, 0.6) is 0 Å². The van der Waals surface area contributed by atoms with Gasteiger partial charge in [-0.2, -0.15) is 5.10 Å². The molecule has 2 aromatic rings. The van der Waals surface area contributed by atoms with Crippen molar-refractivity contribution in [1.29, 1.82) is 0 Å². The van der Waals surface area contributed by atoms with E-state index < -0.39 is 5.97 Å². The number of nitrogens with zero attached hydrogens (tertiary/aromatic N) is 4. The number of hydrogen-bond acceptors (Lipinski definition) is 5. The first-order valence-corrected chi connectivity index (χ1v) is 7.49. The molecule has 8 nitrogen and oxygen atoms in total. The smallest absolute Gasteiger partial charge is 0.306 e. The van der Waals surface area contributed by atoms with Gasteiger partial charge >= 0.3 is 5.97 Å².